The molecule has 1 aliphatic heterocycles. The zero-order chi connectivity index (χ0) is 56.0. The molecule has 28 N–H and O–H groups in total. The molecular formula is C44H82N20O11. The highest BCUT2D eigenvalue weighted by molar-refractivity contribution is 5.98. The highest BCUT2D eigenvalue weighted by Crippen LogP contribution is 2.20. The maximum Gasteiger partial charge on any atom is 0.246 e. The first-order valence-corrected chi connectivity index (χ1v) is 25.1. The molecule has 0 bridgehead atoms. The van der Waals surface area contributed by atoms with Crippen LogP contribution in [0.3, 0.4) is 0 Å². The van der Waals surface area contributed by atoms with E-state index in [1.54, 1.807) is 0 Å². The van der Waals surface area contributed by atoms with Crippen LogP contribution in [0.15, 0.2) is 17.5 Å². The van der Waals surface area contributed by atoms with Gasteiger partial charge in [0.2, 0.25) is 53.2 Å². The highest BCUT2D eigenvalue weighted by atomic mass is 16.3. The van der Waals surface area contributed by atoms with E-state index in [1.807, 2.05) is 0 Å². The van der Waals surface area contributed by atoms with Gasteiger partial charge in [0.25, 0.3) is 0 Å². The minimum absolute atomic E-state index is 0.00300. The standard InChI is InChI=1S/C44H82N20O11/c45-13-3-1-8-25(50)37(69)62-35(32(66)20-49)42(74)63-34(31(65)19-48)41(73)56-22-33(67)58-28(10-5-15-47)43(75)64-17-7-12-30(64)40(72)61-29(18-24-21-54-23-57-24)39(71)60-27(9-2-4-14-46)38(70)59-26(36(51)68)11-6-16-55-44(52)53/h21,23,25-32,34-35,65-66H,1-20,22,45-50H2,(H2,51,68)(H,54,57)(H,56,73)(H,58,67)(H,59,70)(H,60,71)(H,61,72)(H,62,69)(H,63,74)(H4,52,53,55)/t25-,26+,27-,28+,29-,30-,31-,32-,34-,35-/m0/s1. The molecule has 0 unspecified atom stereocenters. The molecule has 9 amide bonds. The van der Waals surface area contributed by atoms with Crippen molar-refractivity contribution in [1.82, 2.24) is 52.1 Å². The van der Waals surface area contributed by atoms with Crippen molar-refractivity contribution in [3.8, 4) is 0 Å². The van der Waals surface area contributed by atoms with Crippen LogP contribution in [-0.2, 0) is 49.6 Å². The van der Waals surface area contributed by atoms with E-state index in [2.05, 4.69) is 52.2 Å². The zero-order valence-corrected chi connectivity index (χ0v) is 42.4. The minimum Gasteiger partial charge on any atom is -0.389 e. The molecule has 0 aliphatic carbocycles. The number of aliphatic imine (C=N–C) groups is 1. The van der Waals surface area contributed by atoms with Crippen molar-refractivity contribution in [2.24, 2.45) is 56.6 Å². The zero-order valence-electron chi connectivity index (χ0n) is 42.4. The van der Waals surface area contributed by atoms with Crippen LogP contribution in [0.4, 0.5) is 0 Å². The molecule has 1 aromatic heterocycles. The Balaban J connectivity index is 2.26. The Labute approximate surface area is 434 Å². The number of hydrogen-bond donors (Lipinski definition) is 19. The number of H-pyrrole nitrogens is 1. The maximum atomic E-state index is 14.2. The van der Waals surface area contributed by atoms with Crippen molar-refractivity contribution in [1.29, 1.82) is 0 Å². The SMILES string of the molecule is NCCCC[C@H](NC(=O)[C@H](Cc1cnc[nH]1)NC(=O)[C@@H]1CCCN1C(=O)[C@@H](CCCN)NC(=O)CNC(=O)[C@@H](NC(=O)[C@@H](NC(=O)[C@@H](N)CCCCN)[C@@H](O)CN)[C@@H](O)CN)C(=O)N[C@H](CCCN=C(N)N)C(N)=O. The summed E-state index contributed by atoms with van der Waals surface area (Å²) < 4.78 is 0. The van der Waals surface area contributed by atoms with E-state index in [9.17, 15) is 53.4 Å². The lowest BCUT2D eigenvalue weighted by Gasteiger charge is -2.30. The molecule has 31 nitrogen and oxygen atoms in total. The topological polar surface area (TPSA) is 557 Å². The average molecular weight is 1070 g/mol. The lowest BCUT2D eigenvalue weighted by molar-refractivity contribution is -0.142. The van der Waals surface area contributed by atoms with E-state index in [1.165, 1.54) is 17.4 Å². The molecular weight excluding hydrogens is 985 g/mol. The molecule has 2 rings (SSSR count). The highest BCUT2D eigenvalue weighted by Gasteiger charge is 2.40. The summed E-state index contributed by atoms with van der Waals surface area (Å²) in [6, 6.07) is -10.7. The van der Waals surface area contributed by atoms with Crippen LogP contribution in [-0.4, -0.2) is 197 Å². The molecule has 0 saturated carbocycles. The number of amides is 9. The number of nitrogens with two attached hydrogens (primary N) is 9. The summed E-state index contributed by atoms with van der Waals surface area (Å²) in [7, 11) is 0. The molecule has 2 heterocycles. The Bertz CT molecular complexity index is 2010. The number of aliphatic hydroxyl groups is 2. The molecule has 1 saturated heterocycles. The third-order valence-electron chi connectivity index (χ3n) is 12.1. The van der Waals surface area contributed by atoms with E-state index in [4.69, 9.17) is 51.6 Å². The summed E-state index contributed by atoms with van der Waals surface area (Å²) in [5.41, 5.74) is 50.9. The number of likely N-dealkylation sites (tertiary alicyclic amines) is 1. The van der Waals surface area contributed by atoms with Crippen LogP contribution in [0.25, 0.3) is 0 Å². The molecule has 424 valence electrons. The Morgan fingerprint density at radius 1 is 0.667 bits per heavy atom. The predicted octanol–water partition coefficient (Wildman–Crippen LogP) is -9.53. The number of aliphatic hydroxyl groups excluding tert-OH is 2. The van der Waals surface area contributed by atoms with E-state index in [0.29, 0.717) is 57.3 Å². The van der Waals surface area contributed by atoms with E-state index in [0.717, 1.165) is 0 Å². The molecule has 10 atom stereocenters. The largest absolute Gasteiger partial charge is 0.389 e. The van der Waals surface area contributed by atoms with Gasteiger partial charge in [0.15, 0.2) is 5.96 Å². The van der Waals surface area contributed by atoms with Gasteiger partial charge in [0, 0.05) is 44.5 Å². The summed E-state index contributed by atoms with van der Waals surface area (Å²) in [6.07, 6.45) is 2.74. The van der Waals surface area contributed by atoms with Crippen molar-refractivity contribution in [3.05, 3.63) is 18.2 Å². The molecule has 0 aromatic carbocycles. The molecule has 1 fully saturated rings. The summed E-state index contributed by atoms with van der Waals surface area (Å²) >= 11 is 0. The minimum atomic E-state index is -1.82. The van der Waals surface area contributed by atoms with Crippen LogP contribution >= 0.6 is 0 Å². The van der Waals surface area contributed by atoms with Crippen molar-refractivity contribution in [2.75, 3.05) is 52.4 Å². The Morgan fingerprint density at radius 3 is 1.83 bits per heavy atom. The molecule has 0 spiro atoms. The fraction of sp³-hybridized carbons (Fsp3) is 0.705. The number of nitrogens with one attached hydrogen (secondary N) is 8. The molecule has 75 heavy (non-hydrogen) atoms. The van der Waals surface area contributed by atoms with E-state index >= 15 is 0 Å². The van der Waals surface area contributed by atoms with Crippen LogP contribution < -0.4 is 88.8 Å². The second kappa shape index (κ2) is 34.8. The predicted molar refractivity (Wildman–Crippen MR) is 273 cm³/mol. The smallest absolute Gasteiger partial charge is 0.246 e. The van der Waals surface area contributed by atoms with Gasteiger partial charge in [0.05, 0.1) is 31.1 Å². The number of primary amides is 1. The second-order valence-corrected chi connectivity index (χ2v) is 18.0. The van der Waals surface area contributed by atoms with Crippen LogP contribution in [0, 0.1) is 0 Å². The Hall–Kier alpha value is -6.61. The summed E-state index contributed by atoms with van der Waals surface area (Å²) in [5.74, 6) is -7.83. The number of nitrogens with zero attached hydrogens (tertiary/aromatic N) is 3. The van der Waals surface area contributed by atoms with Crippen molar-refractivity contribution < 1.29 is 53.4 Å². The number of aromatic nitrogens is 2. The lowest BCUT2D eigenvalue weighted by Crippen LogP contribution is -2.63. The fourth-order valence-corrected chi connectivity index (χ4v) is 7.88. The van der Waals surface area contributed by atoms with Crippen molar-refractivity contribution in [2.45, 2.75) is 144 Å². The van der Waals surface area contributed by atoms with Crippen molar-refractivity contribution >= 4 is 59.1 Å². The third kappa shape index (κ3) is 22.8. The first-order valence-electron chi connectivity index (χ1n) is 25.1. The first kappa shape index (κ1) is 64.5. The average Bonchev–Trinajstić information content (AvgIpc) is 4.10. The number of carbonyl (C=O) groups excluding carboxylic acids is 9. The summed E-state index contributed by atoms with van der Waals surface area (Å²) in [4.78, 5) is 133. The van der Waals surface area contributed by atoms with Crippen molar-refractivity contribution in [3.63, 3.8) is 0 Å². The van der Waals surface area contributed by atoms with Gasteiger partial charge < -0.3 is 109 Å². The molecule has 0 radical (unpaired) electrons. The van der Waals surface area contributed by atoms with Crippen LogP contribution in [0.1, 0.15) is 82.7 Å². The summed E-state index contributed by atoms with van der Waals surface area (Å²) in [6.45, 7) is -0.835. The normalized spacial score (nSPS) is 16.8. The number of aromatic amines is 1. The van der Waals surface area contributed by atoms with Gasteiger partial charge >= 0.3 is 0 Å². The second-order valence-electron chi connectivity index (χ2n) is 18.0. The molecule has 1 aliphatic rings. The Kier molecular flexibility index (Phi) is 29.9. The first-order chi connectivity index (χ1) is 35.7. The van der Waals surface area contributed by atoms with Gasteiger partial charge in [-0.05, 0) is 90.3 Å². The van der Waals surface area contributed by atoms with Gasteiger partial charge in [-0.3, -0.25) is 48.1 Å². The number of carbonyl (C=O) groups is 9. The van der Waals surface area contributed by atoms with Gasteiger partial charge in [-0.25, -0.2) is 4.98 Å². The number of rotatable bonds is 37. The van der Waals surface area contributed by atoms with Crippen LogP contribution in [0.5, 0.6) is 0 Å². The molecule has 31 heteroatoms. The number of guanidine groups is 1. The lowest BCUT2D eigenvalue weighted by atomic mass is 10.0. The fourth-order valence-electron chi connectivity index (χ4n) is 7.88. The monoisotopic (exact) mass is 1070 g/mol. The van der Waals surface area contributed by atoms with Gasteiger partial charge in [-0.15, -0.1) is 0 Å². The Morgan fingerprint density at radius 2 is 1.24 bits per heavy atom. The quantitative estimate of drug-likeness (QED) is 0.0167. The van der Waals surface area contributed by atoms with Gasteiger partial charge in [0.1, 0.15) is 42.3 Å². The number of imidazole rings is 1. The summed E-state index contributed by atoms with van der Waals surface area (Å²) in [5, 5.41) is 38.5. The third-order valence-corrected chi connectivity index (χ3v) is 12.1. The van der Waals surface area contributed by atoms with Gasteiger partial charge in [-0.1, -0.05) is 6.42 Å². The van der Waals surface area contributed by atoms with E-state index in [-0.39, 0.29) is 70.5 Å². The number of hydrogen-bond acceptors (Lipinski definition) is 19. The van der Waals surface area contributed by atoms with Crippen LogP contribution in [0.2, 0.25) is 0 Å². The maximum absolute atomic E-state index is 14.2. The number of unbranched alkanes of at least 4 members (excludes halogenated alkanes) is 2. The van der Waals surface area contributed by atoms with E-state index < -0.39 is 133 Å². The van der Waals surface area contributed by atoms with Gasteiger partial charge in [-0.2, -0.15) is 0 Å². The molecule has 1 aromatic rings.